The van der Waals surface area contributed by atoms with Gasteiger partial charge < -0.3 is 9.30 Å². The van der Waals surface area contributed by atoms with Crippen LogP contribution in [0.25, 0.3) is 0 Å². The fourth-order valence-electron chi connectivity index (χ4n) is 2.28. The highest BCUT2D eigenvalue weighted by atomic mass is 32.1. The maximum Gasteiger partial charge on any atom is 0.338 e. The number of hydrogen-bond donors (Lipinski definition) is 0. The van der Waals surface area contributed by atoms with Crippen molar-refractivity contribution in [2.45, 2.75) is 13.5 Å². The van der Waals surface area contributed by atoms with E-state index in [-0.39, 0.29) is 5.97 Å². The minimum atomic E-state index is -0.306. The normalized spacial score (nSPS) is 11.5. The van der Waals surface area contributed by atoms with Crippen molar-refractivity contribution in [1.82, 2.24) is 4.57 Å². The third kappa shape index (κ3) is 4.00. The molecule has 0 N–H and O–H groups in total. The molecule has 2 aromatic carbocycles. The molecule has 0 saturated heterocycles. The third-order valence-corrected chi connectivity index (χ3v) is 4.25. The van der Waals surface area contributed by atoms with E-state index in [1.165, 1.54) is 5.56 Å². The van der Waals surface area contributed by atoms with Gasteiger partial charge >= 0.3 is 5.97 Å². The summed E-state index contributed by atoms with van der Waals surface area (Å²) in [5.41, 5.74) is 2.58. The van der Waals surface area contributed by atoms with Gasteiger partial charge in [0.25, 0.3) is 0 Å². The molecular formula is C19H18N2O2S. The molecule has 3 aromatic rings. The van der Waals surface area contributed by atoms with E-state index in [0.29, 0.717) is 12.2 Å². The fraction of sp³-hybridized carbons (Fsp3) is 0.158. The number of thiazole rings is 1. The van der Waals surface area contributed by atoms with Crippen molar-refractivity contribution < 1.29 is 9.53 Å². The predicted octanol–water partition coefficient (Wildman–Crippen LogP) is 4.01. The number of rotatable bonds is 5. The number of benzene rings is 2. The van der Waals surface area contributed by atoms with Gasteiger partial charge in [-0.2, -0.15) is 0 Å². The lowest BCUT2D eigenvalue weighted by Crippen LogP contribution is -2.14. The van der Waals surface area contributed by atoms with Crippen LogP contribution >= 0.6 is 11.3 Å². The van der Waals surface area contributed by atoms with Gasteiger partial charge in [0.15, 0.2) is 4.80 Å². The van der Waals surface area contributed by atoms with Crippen LogP contribution in [0.1, 0.15) is 22.8 Å². The standard InChI is InChI=1S/C19H18N2O2S/c1-2-23-18(22)16-8-10-17(11-9-16)20-19-21(12-13-24-19)14-15-6-4-3-5-7-15/h3-13H,2,14H2,1H3. The Hall–Kier alpha value is -2.66. The highest BCUT2D eigenvalue weighted by Crippen LogP contribution is 2.13. The van der Waals surface area contributed by atoms with Gasteiger partial charge in [-0.1, -0.05) is 30.3 Å². The Bertz CT molecular complexity index is 864. The van der Waals surface area contributed by atoms with Gasteiger partial charge in [0.1, 0.15) is 0 Å². The van der Waals surface area contributed by atoms with E-state index in [2.05, 4.69) is 21.7 Å². The van der Waals surface area contributed by atoms with Crippen molar-refractivity contribution in [3.63, 3.8) is 0 Å². The lowest BCUT2D eigenvalue weighted by Gasteiger charge is -2.03. The van der Waals surface area contributed by atoms with E-state index in [1.807, 2.05) is 41.9 Å². The van der Waals surface area contributed by atoms with Gasteiger partial charge in [-0.3, -0.25) is 0 Å². The first-order valence-corrected chi connectivity index (χ1v) is 8.64. The van der Waals surface area contributed by atoms with Crippen molar-refractivity contribution in [3.05, 3.63) is 82.1 Å². The first kappa shape index (κ1) is 16.2. The molecule has 122 valence electrons. The largest absolute Gasteiger partial charge is 0.462 e. The smallest absolute Gasteiger partial charge is 0.338 e. The van der Waals surface area contributed by atoms with Crippen LogP contribution in [0.3, 0.4) is 0 Å². The minimum absolute atomic E-state index is 0.306. The molecule has 0 aliphatic carbocycles. The summed E-state index contributed by atoms with van der Waals surface area (Å²) >= 11 is 1.59. The van der Waals surface area contributed by atoms with Gasteiger partial charge in [0.2, 0.25) is 0 Å². The van der Waals surface area contributed by atoms with Crippen molar-refractivity contribution in [2.24, 2.45) is 4.99 Å². The summed E-state index contributed by atoms with van der Waals surface area (Å²) in [6.07, 6.45) is 2.03. The molecule has 0 bridgehead atoms. The lowest BCUT2D eigenvalue weighted by atomic mass is 10.2. The number of carbonyl (C=O) groups is 1. The van der Waals surface area contributed by atoms with Gasteiger partial charge in [-0.15, -0.1) is 11.3 Å². The second-order valence-corrected chi connectivity index (χ2v) is 6.05. The second kappa shape index (κ2) is 7.75. The fourth-order valence-corrected chi connectivity index (χ4v) is 3.03. The molecule has 1 aromatic heterocycles. The summed E-state index contributed by atoms with van der Waals surface area (Å²) in [4.78, 5) is 17.3. The highest BCUT2D eigenvalue weighted by Gasteiger charge is 2.05. The van der Waals surface area contributed by atoms with Gasteiger partial charge in [0.05, 0.1) is 17.9 Å². The zero-order valence-electron chi connectivity index (χ0n) is 13.4. The van der Waals surface area contributed by atoms with Crippen LogP contribution in [0.4, 0.5) is 5.69 Å². The van der Waals surface area contributed by atoms with Crippen molar-refractivity contribution in [1.29, 1.82) is 0 Å². The lowest BCUT2D eigenvalue weighted by molar-refractivity contribution is 0.0526. The van der Waals surface area contributed by atoms with E-state index < -0.39 is 0 Å². The van der Waals surface area contributed by atoms with Crippen molar-refractivity contribution >= 4 is 23.0 Å². The molecule has 0 fully saturated rings. The van der Waals surface area contributed by atoms with Crippen LogP contribution < -0.4 is 4.80 Å². The molecule has 3 rings (SSSR count). The first-order chi connectivity index (χ1) is 11.8. The topological polar surface area (TPSA) is 43.6 Å². The Kier molecular flexibility index (Phi) is 5.23. The van der Waals surface area contributed by atoms with Crippen molar-refractivity contribution in [3.8, 4) is 0 Å². The summed E-state index contributed by atoms with van der Waals surface area (Å²) in [5, 5.41) is 2.02. The molecule has 0 unspecified atom stereocenters. The number of ether oxygens (including phenoxy) is 1. The summed E-state index contributed by atoms with van der Waals surface area (Å²) < 4.78 is 7.10. The molecule has 24 heavy (non-hydrogen) atoms. The van der Waals surface area contributed by atoms with E-state index in [1.54, 1.807) is 30.4 Å². The molecule has 5 heteroatoms. The van der Waals surface area contributed by atoms with Crippen LogP contribution in [-0.4, -0.2) is 17.1 Å². The van der Waals surface area contributed by atoms with Crippen LogP contribution in [0.5, 0.6) is 0 Å². The number of carbonyl (C=O) groups excluding carboxylic acids is 1. The summed E-state index contributed by atoms with van der Waals surface area (Å²) in [6, 6.07) is 17.4. The molecule has 4 nitrogen and oxygen atoms in total. The number of aromatic nitrogens is 1. The molecule has 0 radical (unpaired) electrons. The van der Waals surface area contributed by atoms with Crippen LogP contribution in [-0.2, 0) is 11.3 Å². The quantitative estimate of drug-likeness (QED) is 0.660. The number of nitrogens with zero attached hydrogens (tertiary/aromatic N) is 2. The summed E-state index contributed by atoms with van der Waals surface area (Å²) in [7, 11) is 0. The van der Waals surface area contributed by atoms with Crippen LogP contribution in [0.2, 0.25) is 0 Å². The third-order valence-electron chi connectivity index (χ3n) is 3.46. The van der Waals surface area contributed by atoms with Gasteiger partial charge in [-0.25, -0.2) is 9.79 Å². The van der Waals surface area contributed by atoms with E-state index >= 15 is 0 Å². The molecule has 0 atom stereocenters. The maximum atomic E-state index is 11.7. The molecule has 0 spiro atoms. The Morgan fingerprint density at radius 3 is 2.58 bits per heavy atom. The number of hydrogen-bond acceptors (Lipinski definition) is 4. The van der Waals surface area contributed by atoms with E-state index in [9.17, 15) is 4.79 Å². The molecule has 0 amide bonds. The zero-order valence-corrected chi connectivity index (χ0v) is 14.2. The van der Waals surface area contributed by atoms with E-state index in [0.717, 1.165) is 17.0 Å². The first-order valence-electron chi connectivity index (χ1n) is 7.76. The van der Waals surface area contributed by atoms with E-state index in [4.69, 9.17) is 4.74 Å². The Morgan fingerprint density at radius 1 is 1.12 bits per heavy atom. The Labute approximate surface area is 144 Å². The summed E-state index contributed by atoms with van der Waals surface area (Å²) in [5.74, 6) is -0.306. The molecule has 1 heterocycles. The molecule has 0 aliphatic rings. The van der Waals surface area contributed by atoms with Crippen LogP contribution in [0.15, 0.2) is 71.2 Å². The maximum absolute atomic E-state index is 11.7. The van der Waals surface area contributed by atoms with Crippen molar-refractivity contribution in [2.75, 3.05) is 6.61 Å². The second-order valence-electron chi connectivity index (χ2n) is 5.18. The summed E-state index contributed by atoms with van der Waals surface area (Å²) in [6.45, 7) is 2.95. The van der Waals surface area contributed by atoms with Gasteiger partial charge in [-0.05, 0) is 36.8 Å². The SMILES string of the molecule is CCOC(=O)c1ccc(N=c2sccn2Cc2ccccc2)cc1. The molecular weight excluding hydrogens is 320 g/mol. The van der Waals surface area contributed by atoms with Crippen LogP contribution in [0, 0.1) is 0 Å². The zero-order chi connectivity index (χ0) is 16.8. The molecule has 0 aliphatic heterocycles. The monoisotopic (exact) mass is 338 g/mol. The number of esters is 1. The highest BCUT2D eigenvalue weighted by molar-refractivity contribution is 7.07. The predicted molar refractivity (Wildman–Crippen MR) is 95.5 cm³/mol. The molecule has 0 saturated carbocycles. The minimum Gasteiger partial charge on any atom is -0.462 e. The Morgan fingerprint density at radius 2 is 1.88 bits per heavy atom. The average Bonchev–Trinajstić information content (AvgIpc) is 3.03. The average molecular weight is 338 g/mol. The van der Waals surface area contributed by atoms with Gasteiger partial charge in [0, 0.05) is 18.1 Å². The Balaban J connectivity index is 1.82.